The SMILES string of the molecule is CC(C)CNCCCCSc1cc(Cl)ccc1Cl. The first-order valence-electron chi connectivity index (χ1n) is 6.38. The van der Waals surface area contributed by atoms with E-state index in [2.05, 4.69) is 19.2 Å². The average molecular weight is 306 g/mol. The topological polar surface area (TPSA) is 12.0 Å². The molecule has 0 bridgehead atoms. The highest BCUT2D eigenvalue weighted by molar-refractivity contribution is 7.99. The fourth-order valence-corrected chi connectivity index (χ4v) is 3.02. The van der Waals surface area contributed by atoms with E-state index < -0.39 is 0 Å². The highest BCUT2D eigenvalue weighted by Gasteiger charge is 2.01. The molecule has 0 saturated heterocycles. The molecule has 0 spiro atoms. The number of hydrogen-bond donors (Lipinski definition) is 1. The van der Waals surface area contributed by atoms with E-state index in [0.717, 1.165) is 39.7 Å². The molecule has 0 atom stereocenters. The van der Waals surface area contributed by atoms with Gasteiger partial charge in [-0.25, -0.2) is 0 Å². The summed E-state index contributed by atoms with van der Waals surface area (Å²) in [5.74, 6) is 1.81. The third-order valence-corrected chi connectivity index (χ3v) is 4.27. The van der Waals surface area contributed by atoms with Crippen LogP contribution in [0.2, 0.25) is 10.0 Å². The van der Waals surface area contributed by atoms with E-state index in [4.69, 9.17) is 23.2 Å². The summed E-state index contributed by atoms with van der Waals surface area (Å²) >= 11 is 13.8. The lowest BCUT2D eigenvalue weighted by atomic mass is 10.2. The molecule has 1 nitrogen and oxygen atoms in total. The zero-order valence-electron chi connectivity index (χ0n) is 11.0. The van der Waals surface area contributed by atoms with Gasteiger partial charge in [0.05, 0.1) is 5.02 Å². The monoisotopic (exact) mass is 305 g/mol. The van der Waals surface area contributed by atoms with Crippen molar-refractivity contribution >= 4 is 35.0 Å². The number of halogens is 2. The maximum Gasteiger partial charge on any atom is 0.0542 e. The Hall–Kier alpha value is 0.110. The highest BCUT2D eigenvalue weighted by atomic mass is 35.5. The van der Waals surface area contributed by atoms with E-state index in [1.807, 2.05) is 18.2 Å². The minimum atomic E-state index is 0.727. The van der Waals surface area contributed by atoms with Gasteiger partial charge in [-0.05, 0) is 55.8 Å². The lowest BCUT2D eigenvalue weighted by molar-refractivity contribution is 0.541. The van der Waals surface area contributed by atoms with Crippen molar-refractivity contribution in [3.05, 3.63) is 28.2 Å². The molecule has 1 N–H and O–H groups in total. The minimum Gasteiger partial charge on any atom is -0.316 e. The first kappa shape index (κ1) is 16.2. The molecule has 0 heterocycles. The number of hydrogen-bond acceptors (Lipinski definition) is 2. The van der Waals surface area contributed by atoms with Crippen molar-refractivity contribution in [2.45, 2.75) is 31.6 Å². The van der Waals surface area contributed by atoms with E-state index in [9.17, 15) is 0 Å². The van der Waals surface area contributed by atoms with Crippen LogP contribution >= 0.6 is 35.0 Å². The van der Waals surface area contributed by atoms with Crippen LogP contribution in [-0.2, 0) is 0 Å². The Morgan fingerprint density at radius 3 is 2.72 bits per heavy atom. The second kappa shape index (κ2) is 9.08. The van der Waals surface area contributed by atoms with Crippen LogP contribution in [-0.4, -0.2) is 18.8 Å². The summed E-state index contributed by atoms with van der Waals surface area (Å²) in [6.07, 6.45) is 2.40. The molecule has 0 aliphatic rings. The summed E-state index contributed by atoms with van der Waals surface area (Å²) in [5.41, 5.74) is 0. The van der Waals surface area contributed by atoms with E-state index in [1.165, 1.54) is 12.8 Å². The number of nitrogens with one attached hydrogen (secondary N) is 1. The summed E-state index contributed by atoms with van der Waals surface area (Å²) in [4.78, 5) is 1.08. The smallest absolute Gasteiger partial charge is 0.0542 e. The van der Waals surface area contributed by atoms with Crippen LogP contribution in [0.4, 0.5) is 0 Å². The van der Waals surface area contributed by atoms with Crippen molar-refractivity contribution < 1.29 is 0 Å². The van der Waals surface area contributed by atoms with E-state index in [-0.39, 0.29) is 0 Å². The standard InChI is InChI=1S/C14H21Cl2NS/c1-11(2)10-17-7-3-4-8-18-14-9-12(15)5-6-13(14)16/h5-6,9,11,17H,3-4,7-8,10H2,1-2H3. The van der Waals surface area contributed by atoms with Gasteiger partial charge in [-0.1, -0.05) is 37.0 Å². The summed E-state index contributed by atoms with van der Waals surface area (Å²) in [5, 5.41) is 4.99. The normalized spacial score (nSPS) is 11.2. The van der Waals surface area contributed by atoms with E-state index in [0.29, 0.717) is 0 Å². The fraction of sp³-hybridized carbons (Fsp3) is 0.571. The molecular formula is C14H21Cl2NS. The Morgan fingerprint density at radius 2 is 2.00 bits per heavy atom. The molecule has 1 aromatic carbocycles. The second-order valence-corrected chi connectivity index (χ2v) is 6.71. The van der Waals surface area contributed by atoms with Gasteiger partial charge in [0.2, 0.25) is 0 Å². The fourth-order valence-electron chi connectivity index (χ4n) is 1.51. The molecule has 102 valence electrons. The summed E-state index contributed by atoms with van der Waals surface area (Å²) in [6, 6.07) is 5.62. The molecule has 0 fully saturated rings. The highest BCUT2D eigenvalue weighted by Crippen LogP contribution is 2.30. The first-order chi connectivity index (χ1) is 8.59. The lowest BCUT2D eigenvalue weighted by Crippen LogP contribution is -2.20. The maximum absolute atomic E-state index is 6.10. The Balaban J connectivity index is 2.12. The Labute approximate surface area is 125 Å². The third-order valence-electron chi connectivity index (χ3n) is 2.45. The van der Waals surface area contributed by atoms with Crippen LogP contribution in [0.3, 0.4) is 0 Å². The third kappa shape index (κ3) is 6.89. The predicted octanol–water partition coefficient (Wildman–Crippen LogP) is 5.11. The molecular weight excluding hydrogens is 285 g/mol. The zero-order valence-corrected chi connectivity index (χ0v) is 13.3. The molecule has 0 saturated carbocycles. The van der Waals surface area contributed by atoms with Crippen LogP contribution in [0.1, 0.15) is 26.7 Å². The molecule has 4 heteroatoms. The van der Waals surface area contributed by atoms with Gasteiger partial charge in [0.25, 0.3) is 0 Å². The number of benzene rings is 1. The van der Waals surface area contributed by atoms with Gasteiger partial charge in [0.15, 0.2) is 0 Å². The molecule has 0 unspecified atom stereocenters. The largest absolute Gasteiger partial charge is 0.316 e. The first-order valence-corrected chi connectivity index (χ1v) is 8.12. The van der Waals surface area contributed by atoms with Crippen molar-refractivity contribution in [1.29, 1.82) is 0 Å². The molecule has 0 aliphatic carbocycles. The predicted molar refractivity (Wildman–Crippen MR) is 84.1 cm³/mol. The van der Waals surface area contributed by atoms with Crippen LogP contribution < -0.4 is 5.32 Å². The molecule has 1 aromatic rings. The molecule has 0 aromatic heterocycles. The second-order valence-electron chi connectivity index (χ2n) is 4.73. The Bertz CT molecular complexity index is 356. The van der Waals surface area contributed by atoms with Crippen molar-refractivity contribution in [1.82, 2.24) is 5.32 Å². The Kier molecular flexibility index (Phi) is 8.16. The zero-order chi connectivity index (χ0) is 13.4. The number of thioether (sulfide) groups is 1. The van der Waals surface area contributed by atoms with Gasteiger partial charge >= 0.3 is 0 Å². The summed E-state index contributed by atoms with van der Waals surface area (Å²) in [7, 11) is 0. The van der Waals surface area contributed by atoms with Crippen LogP contribution in [0.5, 0.6) is 0 Å². The van der Waals surface area contributed by atoms with Crippen LogP contribution in [0.25, 0.3) is 0 Å². The van der Waals surface area contributed by atoms with E-state index in [1.54, 1.807) is 11.8 Å². The summed E-state index contributed by atoms with van der Waals surface area (Å²) < 4.78 is 0. The molecule has 1 rings (SSSR count). The minimum absolute atomic E-state index is 0.727. The van der Waals surface area contributed by atoms with Gasteiger partial charge in [0.1, 0.15) is 0 Å². The van der Waals surface area contributed by atoms with Crippen molar-refractivity contribution in [2.24, 2.45) is 5.92 Å². The van der Waals surface area contributed by atoms with Crippen molar-refractivity contribution in [3.8, 4) is 0 Å². The average Bonchev–Trinajstić information content (AvgIpc) is 2.32. The van der Waals surface area contributed by atoms with Gasteiger partial charge in [-0.3, -0.25) is 0 Å². The van der Waals surface area contributed by atoms with Gasteiger partial charge in [-0.15, -0.1) is 11.8 Å². The van der Waals surface area contributed by atoms with Gasteiger partial charge in [0, 0.05) is 9.92 Å². The number of rotatable bonds is 8. The summed E-state index contributed by atoms with van der Waals surface area (Å²) in [6.45, 7) is 6.66. The maximum atomic E-state index is 6.10. The molecule has 0 aliphatic heterocycles. The Morgan fingerprint density at radius 1 is 1.22 bits per heavy atom. The van der Waals surface area contributed by atoms with Gasteiger partial charge < -0.3 is 5.32 Å². The lowest BCUT2D eigenvalue weighted by Gasteiger charge is -2.07. The van der Waals surface area contributed by atoms with Crippen molar-refractivity contribution in [2.75, 3.05) is 18.8 Å². The van der Waals surface area contributed by atoms with Crippen LogP contribution in [0, 0.1) is 5.92 Å². The molecule has 18 heavy (non-hydrogen) atoms. The van der Waals surface area contributed by atoms with Gasteiger partial charge in [-0.2, -0.15) is 0 Å². The number of unbranched alkanes of at least 4 members (excludes halogenated alkanes) is 1. The van der Waals surface area contributed by atoms with Crippen molar-refractivity contribution in [3.63, 3.8) is 0 Å². The quantitative estimate of drug-likeness (QED) is 0.529. The van der Waals surface area contributed by atoms with Crippen LogP contribution in [0.15, 0.2) is 23.1 Å². The van der Waals surface area contributed by atoms with E-state index >= 15 is 0 Å². The molecule has 0 amide bonds. The molecule has 0 radical (unpaired) electrons.